The van der Waals surface area contributed by atoms with Crippen molar-refractivity contribution in [1.82, 2.24) is 5.32 Å². The van der Waals surface area contributed by atoms with Gasteiger partial charge >= 0.3 is 0 Å². The highest BCUT2D eigenvalue weighted by Gasteiger charge is 2.20. The molecule has 0 atom stereocenters. The summed E-state index contributed by atoms with van der Waals surface area (Å²) in [5, 5.41) is 2.80. The molecule has 0 saturated heterocycles. The van der Waals surface area contributed by atoms with Crippen LogP contribution in [0.1, 0.15) is 52.4 Å². The number of para-hydroxylation sites is 1. The van der Waals surface area contributed by atoms with E-state index in [-0.39, 0.29) is 16.4 Å². The van der Waals surface area contributed by atoms with Gasteiger partial charge < -0.3 is 10.1 Å². The van der Waals surface area contributed by atoms with Crippen molar-refractivity contribution in [2.75, 3.05) is 17.9 Å². The van der Waals surface area contributed by atoms with E-state index in [2.05, 4.69) is 23.9 Å². The number of sulfonamides is 1. The molecule has 0 aliphatic heterocycles. The highest BCUT2D eigenvalue weighted by atomic mass is 32.2. The zero-order valence-corrected chi connectivity index (χ0v) is 21.1. The summed E-state index contributed by atoms with van der Waals surface area (Å²) in [6, 6.07) is 18.0. The third kappa shape index (κ3) is 5.97. The normalized spacial score (nSPS) is 11.4. The second-order valence-corrected chi connectivity index (χ2v) is 10.3. The van der Waals surface area contributed by atoms with Gasteiger partial charge in [-0.25, -0.2) is 8.42 Å². The van der Waals surface area contributed by atoms with Crippen molar-refractivity contribution in [3.63, 3.8) is 0 Å². The number of hydrogen-bond acceptors (Lipinski definition) is 4. The standard InChI is InChI=1S/C27H32N2O4S/c1-18(2)23-10-6-7-12-25(23)33-16-15-28-27(30)22-14-13-20(4)26(17-22)34(31,32)29-24-11-8-9-19(3)21(24)5/h6-14,17-18,29H,15-16H2,1-5H3,(H,28,30). The summed E-state index contributed by atoms with van der Waals surface area (Å²) >= 11 is 0. The van der Waals surface area contributed by atoms with Gasteiger partial charge in [-0.3, -0.25) is 9.52 Å². The Morgan fingerprint density at radius 3 is 2.41 bits per heavy atom. The van der Waals surface area contributed by atoms with Gasteiger partial charge in [0.25, 0.3) is 15.9 Å². The minimum Gasteiger partial charge on any atom is -0.491 e. The van der Waals surface area contributed by atoms with Crippen LogP contribution in [0.2, 0.25) is 0 Å². The Labute approximate surface area is 202 Å². The lowest BCUT2D eigenvalue weighted by molar-refractivity contribution is 0.0946. The fraction of sp³-hybridized carbons (Fsp3) is 0.296. The molecule has 34 heavy (non-hydrogen) atoms. The molecule has 0 bridgehead atoms. The summed E-state index contributed by atoms with van der Waals surface area (Å²) in [6.07, 6.45) is 0. The van der Waals surface area contributed by atoms with Gasteiger partial charge in [0.05, 0.1) is 17.1 Å². The molecule has 0 aliphatic carbocycles. The van der Waals surface area contributed by atoms with Gasteiger partial charge in [0.15, 0.2) is 0 Å². The van der Waals surface area contributed by atoms with Gasteiger partial charge in [-0.1, -0.05) is 50.2 Å². The highest BCUT2D eigenvalue weighted by Crippen LogP contribution is 2.26. The van der Waals surface area contributed by atoms with Crippen LogP contribution in [0.4, 0.5) is 5.69 Å². The van der Waals surface area contributed by atoms with Crippen LogP contribution in [-0.2, 0) is 10.0 Å². The maximum absolute atomic E-state index is 13.1. The molecule has 1 amide bonds. The molecule has 0 saturated carbocycles. The van der Waals surface area contributed by atoms with E-state index in [0.29, 0.717) is 30.3 Å². The first-order valence-electron chi connectivity index (χ1n) is 11.3. The number of anilines is 1. The van der Waals surface area contributed by atoms with Crippen molar-refractivity contribution in [2.45, 2.75) is 45.4 Å². The first-order chi connectivity index (χ1) is 16.1. The number of carbonyl (C=O) groups excluding carboxylic acids is 1. The van der Waals surface area contributed by atoms with Crippen molar-refractivity contribution in [3.05, 3.63) is 88.5 Å². The van der Waals surface area contributed by atoms with Gasteiger partial charge in [0, 0.05) is 5.56 Å². The topological polar surface area (TPSA) is 84.5 Å². The first-order valence-corrected chi connectivity index (χ1v) is 12.8. The average molecular weight is 481 g/mol. The van der Waals surface area contributed by atoms with Crippen LogP contribution in [0, 0.1) is 20.8 Å². The Morgan fingerprint density at radius 2 is 1.68 bits per heavy atom. The molecule has 0 spiro atoms. The predicted octanol–water partition coefficient (Wildman–Crippen LogP) is 5.34. The molecule has 0 unspecified atom stereocenters. The molecule has 6 nitrogen and oxygen atoms in total. The summed E-state index contributed by atoms with van der Waals surface area (Å²) < 4.78 is 34.7. The second-order valence-electron chi connectivity index (χ2n) is 8.63. The maximum atomic E-state index is 13.1. The van der Waals surface area contributed by atoms with Gasteiger partial charge in [-0.05, 0) is 73.2 Å². The second kappa shape index (κ2) is 10.7. The summed E-state index contributed by atoms with van der Waals surface area (Å²) in [7, 11) is -3.87. The summed E-state index contributed by atoms with van der Waals surface area (Å²) in [6.45, 7) is 10.3. The summed E-state index contributed by atoms with van der Waals surface area (Å²) in [5.41, 5.74) is 4.31. The lowest BCUT2D eigenvalue weighted by Crippen LogP contribution is -2.28. The number of ether oxygens (including phenoxy) is 1. The van der Waals surface area contributed by atoms with Crippen molar-refractivity contribution in [3.8, 4) is 5.75 Å². The number of aryl methyl sites for hydroxylation is 2. The van der Waals surface area contributed by atoms with Crippen LogP contribution in [0.5, 0.6) is 5.75 Å². The third-order valence-electron chi connectivity index (χ3n) is 5.78. The largest absolute Gasteiger partial charge is 0.491 e. The predicted molar refractivity (Wildman–Crippen MR) is 136 cm³/mol. The van der Waals surface area contributed by atoms with Crippen molar-refractivity contribution < 1.29 is 17.9 Å². The van der Waals surface area contributed by atoms with E-state index in [1.54, 1.807) is 31.2 Å². The lowest BCUT2D eigenvalue weighted by Gasteiger charge is -2.15. The van der Waals surface area contributed by atoms with Gasteiger partial charge in [0.2, 0.25) is 0 Å². The van der Waals surface area contributed by atoms with Crippen LogP contribution in [0.15, 0.2) is 65.6 Å². The molecular weight excluding hydrogens is 448 g/mol. The quantitative estimate of drug-likeness (QED) is 0.405. The Morgan fingerprint density at radius 1 is 0.941 bits per heavy atom. The van der Waals surface area contributed by atoms with Crippen molar-refractivity contribution >= 4 is 21.6 Å². The molecule has 0 aromatic heterocycles. The Hall–Kier alpha value is -3.32. The van der Waals surface area contributed by atoms with Gasteiger partial charge in [0.1, 0.15) is 12.4 Å². The SMILES string of the molecule is Cc1ccc(C(=O)NCCOc2ccccc2C(C)C)cc1S(=O)(=O)Nc1cccc(C)c1C. The zero-order chi connectivity index (χ0) is 24.9. The molecule has 0 heterocycles. The fourth-order valence-electron chi connectivity index (χ4n) is 3.61. The van der Waals surface area contributed by atoms with Crippen LogP contribution in [0.25, 0.3) is 0 Å². The number of carbonyl (C=O) groups is 1. The zero-order valence-electron chi connectivity index (χ0n) is 20.3. The molecule has 7 heteroatoms. The van der Waals surface area contributed by atoms with Gasteiger partial charge in [-0.15, -0.1) is 0 Å². The minimum absolute atomic E-state index is 0.0724. The van der Waals surface area contributed by atoms with E-state index in [1.807, 2.05) is 44.2 Å². The van der Waals surface area contributed by atoms with E-state index in [1.165, 1.54) is 6.07 Å². The van der Waals surface area contributed by atoms with Crippen molar-refractivity contribution in [2.24, 2.45) is 0 Å². The minimum atomic E-state index is -3.87. The molecule has 0 aliphatic rings. The molecule has 3 rings (SSSR count). The summed E-state index contributed by atoms with van der Waals surface area (Å²) in [5.74, 6) is 0.771. The Bertz CT molecular complexity index is 1280. The third-order valence-corrected chi connectivity index (χ3v) is 7.28. The monoisotopic (exact) mass is 480 g/mol. The Kier molecular flexibility index (Phi) is 7.99. The van der Waals surface area contributed by atoms with Crippen LogP contribution in [0.3, 0.4) is 0 Å². The molecule has 3 aromatic rings. The number of amides is 1. The van der Waals surface area contributed by atoms with E-state index in [4.69, 9.17) is 4.74 Å². The number of nitrogens with one attached hydrogen (secondary N) is 2. The van der Waals surface area contributed by atoms with E-state index >= 15 is 0 Å². The highest BCUT2D eigenvalue weighted by molar-refractivity contribution is 7.92. The lowest BCUT2D eigenvalue weighted by atomic mass is 10.0. The van der Waals surface area contributed by atoms with Crippen LogP contribution in [-0.4, -0.2) is 27.5 Å². The Balaban J connectivity index is 1.68. The molecule has 0 fully saturated rings. The number of benzene rings is 3. The molecular formula is C27H32N2O4S. The van der Waals surface area contributed by atoms with E-state index < -0.39 is 10.0 Å². The van der Waals surface area contributed by atoms with Crippen molar-refractivity contribution in [1.29, 1.82) is 0 Å². The van der Waals surface area contributed by atoms with Crippen LogP contribution < -0.4 is 14.8 Å². The maximum Gasteiger partial charge on any atom is 0.262 e. The number of rotatable bonds is 9. The van der Waals surface area contributed by atoms with Crippen LogP contribution >= 0.6 is 0 Å². The molecule has 0 radical (unpaired) electrons. The molecule has 2 N–H and O–H groups in total. The average Bonchev–Trinajstić information content (AvgIpc) is 2.80. The van der Waals surface area contributed by atoms with E-state index in [9.17, 15) is 13.2 Å². The summed E-state index contributed by atoms with van der Waals surface area (Å²) in [4.78, 5) is 12.8. The van der Waals surface area contributed by atoms with Gasteiger partial charge in [-0.2, -0.15) is 0 Å². The molecule has 3 aromatic carbocycles. The number of hydrogen-bond donors (Lipinski definition) is 2. The van der Waals surface area contributed by atoms with E-state index in [0.717, 1.165) is 22.4 Å². The smallest absolute Gasteiger partial charge is 0.262 e. The first kappa shape index (κ1) is 25.3. The molecule has 180 valence electrons. The fourth-order valence-corrected chi connectivity index (χ4v) is 5.00.